The van der Waals surface area contributed by atoms with E-state index in [2.05, 4.69) is 5.32 Å². The third-order valence-electron chi connectivity index (χ3n) is 2.21. The molecule has 0 unspecified atom stereocenters. The summed E-state index contributed by atoms with van der Waals surface area (Å²) in [5.41, 5.74) is 0.369. The van der Waals surface area contributed by atoms with Gasteiger partial charge in [0.25, 0.3) is 0 Å². The average Bonchev–Trinajstić information content (AvgIpc) is 2.60. The van der Waals surface area contributed by atoms with E-state index in [1.807, 2.05) is 18.4 Å². The Morgan fingerprint density at radius 2 is 2.00 bits per heavy atom. The maximum atomic E-state index is 12.1. The minimum atomic E-state index is -0.586. The lowest BCUT2D eigenvalue weighted by Gasteiger charge is -2.21. The van der Waals surface area contributed by atoms with Gasteiger partial charge >= 0.3 is 6.09 Å². The maximum absolute atomic E-state index is 12.1. The van der Waals surface area contributed by atoms with Gasteiger partial charge in [-0.1, -0.05) is 0 Å². The summed E-state index contributed by atoms with van der Waals surface area (Å²) in [6, 6.07) is 1.30. The number of amides is 1. The van der Waals surface area contributed by atoms with Gasteiger partial charge < -0.3 is 10.1 Å². The number of hydrogen-bond donors (Lipinski definition) is 1. The summed E-state index contributed by atoms with van der Waals surface area (Å²) >= 11 is 1.38. The van der Waals surface area contributed by atoms with E-state index in [9.17, 15) is 9.59 Å². The van der Waals surface area contributed by atoms with Crippen molar-refractivity contribution in [1.29, 1.82) is 0 Å². The van der Waals surface area contributed by atoms with Gasteiger partial charge in [-0.3, -0.25) is 4.79 Å². The fourth-order valence-corrected chi connectivity index (χ4v) is 2.33. The average molecular weight is 269 g/mol. The molecule has 0 aliphatic heterocycles. The molecule has 5 heteroatoms. The van der Waals surface area contributed by atoms with Crippen molar-refractivity contribution >= 4 is 23.2 Å². The molecule has 1 heterocycles. The largest absolute Gasteiger partial charge is 0.444 e. The van der Waals surface area contributed by atoms with Gasteiger partial charge in [0.1, 0.15) is 5.60 Å². The summed E-state index contributed by atoms with van der Waals surface area (Å²) in [5.74, 6) is -0.0895. The molecule has 100 valence electrons. The number of hydrogen-bond acceptors (Lipinski definition) is 4. The van der Waals surface area contributed by atoms with Crippen LogP contribution in [0.4, 0.5) is 4.79 Å². The first-order chi connectivity index (χ1) is 8.20. The molecule has 0 saturated heterocycles. The number of carbonyl (C=O) groups is 2. The van der Waals surface area contributed by atoms with Crippen LogP contribution in [0.15, 0.2) is 11.4 Å². The van der Waals surface area contributed by atoms with Gasteiger partial charge in [-0.2, -0.15) is 0 Å². The van der Waals surface area contributed by atoms with E-state index in [0.29, 0.717) is 4.88 Å². The Labute approximate surface area is 111 Å². The summed E-state index contributed by atoms with van der Waals surface area (Å²) in [4.78, 5) is 24.3. The molecule has 0 bridgehead atoms. The van der Waals surface area contributed by atoms with E-state index < -0.39 is 17.7 Å². The fourth-order valence-electron chi connectivity index (χ4n) is 1.37. The van der Waals surface area contributed by atoms with Gasteiger partial charge in [0.15, 0.2) is 5.78 Å². The van der Waals surface area contributed by atoms with Crippen molar-refractivity contribution in [2.45, 2.75) is 46.3 Å². The highest BCUT2D eigenvalue weighted by Crippen LogP contribution is 2.17. The predicted molar refractivity (Wildman–Crippen MR) is 72.2 cm³/mol. The third-order valence-corrected chi connectivity index (χ3v) is 3.24. The number of thiophene rings is 1. The maximum Gasteiger partial charge on any atom is 0.408 e. The molecule has 0 saturated carbocycles. The first-order valence-electron chi connectivity index (χ1n) is 5.78. The summed E-state index contributed by atoms with van der Waals surface area (Å²) in [6.07, 6.45) is -0.572. The highest BCUT2D eigenvalue weighted by Gasteiger charge is 2.23. The van der Waals surface area contributed by atoms with Crippen LogP contribution in [-0.4, -0.2) is 23.5 Å². The number of ether oxygens (including phenoxy) is 1. The highest BCUT2D eigenvalue weighted by atomic mass is 32.1. The van der Waals surface area contributed by atoms with Crippen LogP contribution in [0, 0.1) is 6.92 Å². The second-order valence-corrected chi connectivity index (χ2v) is 6.08. The molecule has 1 atom stereocenters. The first kappa shape index (κ1) is 14.7. The lowest BCUT2D eigenvalue weighted by atomic mass is 10.1. The molecule has 1 aromatic heterocycles. The van der Waals surface area contributed by atoms with Crippen LogP contribution in [0.2, 0.25) is 0 Å². The molecule has 0 aliphatic rings. The minimum Gasteiger partial charge on any atom is -0.444 e. The Kier molecular flexibility index (Phi) is 4.51. The molecular weight excluding hydrogens is 250 g/mol. The van der Waals surface area contributed by atoms with Crippen molar-refractivity contribution in [3.8, 4) is 0 Å². The Balaban J connectivity index is 2.61. The van der Waals surface area contributed by atoms with Crippen LogP contribution in [0.25, 0.3) is 0 Å². The SMILES string of the molecule is Cc1ccsc1C(=O)[C@@H](C)NC(=O)OC(C)(C)C. The van der Waals surface area contributed by atoms with Crippen LogP contribution in [0.3, 0.4) is 0 Å². The fraction of sp³-hybridized carbons (Fsp3) is 0.538. The Hall–Kier alpha value is -1.36. The molecule has 0 fully saturated rings. The standard InChI is InChI=1S/C13H19NO3S/c1-8-6-7-18-11(8)10(15)9(2)14-12(16)17-13(3,4)5/h6-7,9H,1-5H3,(H,14,16)/t9-/m1/s1. The molecule has 0 aliphatic carbocycles. The van der Waals surface area contributed by atoms with Gasteiger partial charge in [-0.15, -0.1) is 11.3 Å². The number of carbonyl (C=O) groups excluding carboxylic acids is 2. The smallest absolute Gasteiger partial charge is 0.408 e. The highest BCUT2D eigenvalue weighted by molar-refractivity contribution is 7.12. The quantitative estimate of drug-likeness (QED) is 0.858. The van der Waals surface area contributed by atoms with Crippen LogP contribution in [-0.2, 0) is 4.74 Å². The second-order valence-electron chi connectivity index (χ2n) is 5.16. The van der Waals surface area contributed by atoms with Gasteiger partial charge in [-0.25, -0.2) is 4.79 Å². The molecule has 1 amide bonds. The van der Waals surface area contributed by atoms with E-state index in [1.165, 1.54) is 11.3 Å². The molecule has 1 rings (SSSR count). The zero-order chi connectivity index (χ0) is 13.9. The van der Waals surface area contributed by atoms with E-state index >= 15 is 0 Å². The zero-order valence-electron chi connectivity index (χ0n) is 11.4. The molecule has 0 aromatic carbocycles. The molecule has 4 nitrogen and oxygen atoms in total. The number of nitrogens with one attached hydrogen (secondary N) is 1. The van der Waals surface area contributed by atoms with Crippen molar-refractivity contribution in [2.75, 3.05) is 0 Å². The van der Waals surface area contributed by atoms with Crippen molar-refractivity contribution in [3.05, 3.63) is 21.9 Å². The van der Waals surface area contributed by atoms with Crippen LogP contribution < -0.4 is 5.32 Å². The predicted octanol–water partition coefficient (Wildman–Crippen LogP) is 3.15. The lowest BCUT2D eigenvalue weighted by molar-refractivity contribution is 0.0497. The zero-order valence-corrected chi connectivity index (χ0v) is 12.2. The van der Waals surface area contributed by atoms with Crippen LogP contribution in [0.5, 0.6) is 0 Å². The third kappa shape index (κ3) is 4.14. The van der Waals surface area contributed by atoms with E-state index in [1.54, 1.807) is 27.7 Å². The van der Waals surface area contributed by atoms with Crippen molar-refractivity contribution < 1.29 is 14.3 Å². The Bertz CT molecular complexity index is 445. The number of aryl methyl sites for hydroxylation is 1. The van der Waals surface area contributed by atoms with E-state index in [4.69, 9.17) is 4.74 Å². The van der Waals surface area contributed by atoms with Gasteiger partial charge in [0.2, 0.25) is 0 Å². The molecule has 18 heavy (non-hydrogen) atoms. The molecule has 0 radical (unpaired) electrons. The number of alkyl carbamates (subject to hydrolysis) is 1. The number of ketones is 1. The van der Waals surface area contributed by atoms with Gasteiger partial charge in [0, 0.05) is 0 Å². The lowest BCUT2D eigenvalue weighted by Crippen LogP contribution is -2.41. The minimum absolute atomic E-state index is 0.0895. The summed E-state index contributed by atoms with van der Waals surface area (Å²) < 4.78 is 5.11. The topological polar surface area (TPSA) is 55.4 Å². The van der Waals surface area contributed by atoms with Crippen molar-refractivity contribution in [1.82, 2.24) is 5.32 Å². The summed E-state index contributed by atoms with van der Waals surface area (Å²) in [7, 11) is 0. The molecule has 1 N–H and O–H groups in total. The van der Waals surface area contributed by atoms with Crippen molar-refractivity contribution in [2.24, 2.45) is 0 Å². The first-order valence-corrected chi connectivity index (χ1v) is 6.66. The van der Waals surface area contributed by atoms with E-state index in [0.717, 1.165) is 5.56 Å². The Morgan fingerprint density at radius 1 is 1.39 bits per heavy atom. The molecule has 0 spiro atoms. The summed E-state index contributed by atoms with van der Waals surface area (Å²) in [6.45, 7) is 8.88. The van der Waals surface area contributed by atoms with Gasteiger partial charge in [0.05, 0.1) is 10.9 Å². The van der Waals surface area contributed by atoms with Crippen molar-refractivity contribution in [3.63, 3.8) is 0 Å². The number of rotatable bonds is 3. The van der Waals surface area contributed by atoms with E-state index in [-0.39, 0.29) is 5.78 Å². The monoisotopic (exact) mass is 269 g/mol. The number of Topliss-reactive ketones (excluding diaryl/α,β-unsaturated/α-hetero) is 1. The van der Waals surface area contributed by atoms with Crippen LogP contribution in [0.1, 0.15) is 42.9 Å². The molecular formula is C13H19NO3S. The van der Waals surface area contributed by atoms with Gasteiger partial charge in [-0.05, 0) is 51.6 Å². The van der Waals surface area contributed by atoms with Crippen LogP contribution >= 0.6 is 11.3 Å². The normalized spacial score (nSPS) is 12.9. The second kappa shape index (κ2) is 5.52. The molecule has 1 aromatic rings. The summed E-state index contributed by atoms with van der Waals surface area (Å²) in [5, 5.41) is 4.41. The Morgan fingerprint density at radius 3 is 2.44 bits per heavy atom.